The van der Waals surface area contributed by atoms with Crippen LogP contribution in [0.3, 0.4) is 0 Å². The van der Waals surface area contributed by atoms with Crippen LogP contribution in [0.15, 0.2) is 42.5 Å². The van der Waals surface area contributed by atoms with Gasteiger partial charge in [0, 0.05) is 25.6 Å². The van der Waals surface area contributed by atoms with Crippen molar-refractivity contribution in [1.82, 2.24) is 10.2 Å². The van der Waals surface area contributed by atoms with Crippen LogP contribution in [-0.4, -0.2) is 36.2 Å². The number of likely N-dealkylation sites (tertiary alicyclic amines) is 1. The molecular weight excluding hydrogens is 328 g/mol. The van der Waals surface area contributed by atoms with Crippen LogP contribution in [-0.2, 0) is 6.54 Å². The normalized spacial score (nSPS) is 17.0. The van der Waals surface area contributed by atoms with Crippen molar-refractivity contribution in [3.05, 3.63) is 59.2 Å². The van der Waals surface area contributed by atoms with Gasteiger partial charge in [-0.25, -0.2) is 4.79 Å². The smallest absolute Gasteiger partial charge is 0.317 e. The molecule has 0 spiro atoms. The Morgan fingerprint density at radius 3 is 2.88 bits per heavy atom. The molecule has 1 aliphatic heterocycles. The molecule has 0 aromatic heterocycles. The van der Waals surface area contributed by atoms with Gasteiger partial charge in [0.05, 0.1) is 7.11 Å². The average molecular weight is 354 g/mol. The van der Waals surface area contributed by atoms with Crippen LogP contribution in [0.1, 0.15) is 35.4 Å². The largest absolute Gasteiger partial charge is 0.504 e. The van der Waals surface area contributed by atoms with Crippen molar-refractivity contribution < 1.29 is 14.6 Å². The van der Waals surface area contributed by atoms with Gasteiger partial charge in [0.2, 0.25) is 0 Å². The Morgan fingerprint density at radius 1 is 1.31 bits per heavy atom. The molecule has 1 fully saturated rings. The first-order valence-corrected chi connectivity index (χ1v) is 9.02. The van der Waals surface area contributed by atoms with E-state index in [4.69, 9.17) is 4.74 Å². The second-order valence-corrected chi connectivity index (χ2v) is 6.81. The monoisotopic (exact) mass is 354 g/mol. The number of phenolic OH excluding ortho intramolecular Hbond substituents is 1. The minimum Gasteiger partial charge on any atom is -0.504 e. The summed E-state index contributed by atoms with van der Waals surface area (Å²) in [6.07, 6.45) is 2.13. The topological polar surface area (TPSA) is 61.8 Å². The lowest BCUT2D eigenvalue weighted by Gasteiger charge is -2.33. The van der Waals surface area contributed by atoms with E-state index in [-0.39, 0.29) is 11.8 Å². The van der Waals surface area contributed by atoms with Crippen LogP contribution in [0.4, 0.5) is 4.79 Å². The van der Waals surface area contributed by atoms with Gasteiger partial charge in [-0.15, -0.1) is 0 Å². The van der Waals surface area contributed by atoms with Crippen molar-refractivity contribution in [3.8, 4) is 11.5 Å². The molecule has 2 aromatic rings. The highest BCUT2D eigenvalue weighted by Gasteiger charge is 2.25. The number of aromatic hydroxyl groups is 1. The summed E-state index contributed by atoms with van der Waals surface area (Å²) >= 11 is 0. The van der Waals surface area contributed by atoms with Gasteiger partial charge in [-0.2, -0.15) is 0 Å². The maximum atomic E-state index is 12.6. The third kappa shape index (κ3) is 4.10. The average Bonchev–Trinajstić information content (AvgIpc) is 2.67. The first kappa shape index (κ1) is 18.1. The number of rotatable bonds is 4. The van der Waals surface area contributed by atoms with E-state index in [9.17, 15) is 9.90 Å². The van der Waals surface area contributed by atoms with E-state index in [0.29, 0.717) is 18.2 Å². The molecule has 0 bridgehead atoms. The van der Waals surface area contributed by atoms with E-state index < -0.39 is 0 Å². The molecule has 1 unspecified atom stereocenters. The number of methoxy groups -OCH3 is 1. The van der Waals surface area contributed by atoms with Crippen LogP contribution in [0, 0.1) is 6.92 Å². The maximum Gasteiger partial charge on any atom is 0.317 e. The molecule has 3 rings (SSSR count). The number of piperidine rings is 1. The molecule has 2 amide bonds. The number of hydrogen-bond donors (Lipinski definition) is 2. The summed E-state index contributed by atoms with van der Waals surface area (Å²) in [6.45, 7) is 4.07. The second kappa shape index (κ2) is 8.13. The number of nitrogens with one attached hydrogen (secondary N) is 1. The molecule has 1 heterocycles. The van der Waals surface area contributed by atoms with Crippen molar-refractivity contribution in [3.63, 3.8) is 0 Å². The molecule has 138 valence electrons. The number of benzene rings is 2. The van der Waals surface area contributed by atoms with Crippen molar-refractivity contribution in [2.75, 3.05) is 20.2 Å². The zero-order chi connectivity index (χ0) is 18.5. The van der Waals surface area contributed by atoms with E-state index in [0.717, 1.165) is 31.5 Å². The van der Waals surface area contributed by atoms with Crippen LogP contribution in [0.2, 0.25) is 0 Å². The molecule has 2 N–H and O–H groups in total. The van der Waals surface area contributed by atoms with Crippen molar-refractivity contribution in [2.45, 2.75) is 32.2 Å². The van der Waals surface area contributed by atoms with Gasteiger partial charge in [-0.1, -0.05) is 30.3 Å². The summed E-state index contributed by atoms with van der Waals surface area (Å²) in [5.41, 5.74) is 3.52. The molecule has 0 radical (unpaired) electrons. The first-order valence-electron chi connectivity index (χ1n) is 9.02. The van der Waals surface area contributed by atoms with Gasteiger partial charge in [-0.05, 0) is 48.6 Å². The van der Waals surface area contributed by atoms with Crippen LogP contribution in [0.25, 0.3) is 0 Å². The van der Waals surface area contributed by atoms with Crippen molar-refractivity contribution >= 4 is 6.03 Å². The zero-order valence-corrected chi connectivity index (χ0v) is 15.4. The number of urea groups is 1. The van der Waals surface area contributed by atoms with Crippen LogP contribution < -0.4 is 10.1 Å². The Morgan fingerprint density at radius 2 is 2.12 bits per heavy atom. The number of aryl methyl sites for hydroxylation is 1. The maximum absolute atomic E-state index is 12.6. The lowest BCUT2D eigenvalue weighted by Crippen LogP contribution is -2.44. The number of phenols is 1. The Kier molecular flexibility index (Phi) is 5.66. The van der Waals surface area contributed by atoms with E-state index in [1.54, 1.807) is 18.2 Å². The van der Waals surface area contributed by atoms with Gasteiger partial charge in [-0.3, -0.25) is 0 Å². The van der Waals surface area contributed by atoms with Gasteiger partial charge < -0.3 is 20.1 Å². The minimum absolute atomic E-state index is 0.0460. The number of nitrogens with zero attached hydrogens (tertiary/aromatic N) is 1. The van der Waals surface area contributed by atoms with E-state index in [1.165, 1.54) is 18.2 Å². The van der Waals surface area contributed by atoms with Gasteiger partial charge in [0.25, 0.3) is 0 Å². The molecule has 5 nitrogen and oxygen atoms in total. The lowest BCUT2D eigenvalue weighted by atomic mass is 9.88. The fourth-order valence-electron chi connectivity index (χ4n) is 3.58. The molecule has 2 aromatic carbocycles. The molecule has 5 heteroatoms. The summed E-state index contributed by atoms with van der Waals surface area (Å²) in [5.74, 6) is 0.901. The lowest BCUT2D eigenvalue weighted by molar-refractivity contribution is 0.179. The Hall–Kier alpha value is -2.69. The summed E-state index contributed by atoms with van der Waals surface area (Å²) in [4.78, 5) is 14.5. The van der Waals surface area contributed by atoms with Crippen LogP contribution in [0.5, 0.6) is 11.5 Å². The highest BCUT2D eigenvalue weighted by molar-refractivity contribution is 5.74. The summed E-state index contributed by atoms with van der Waals surface area (Å²) in [5, 5.41) is 12.6. The number of carbonyl (C=O) groups is 1. The quantitative estimate of drug-likeness (QED) is 0.878. The number of carbonyl (C=O) groups excluding carboxylic acids is 1. The predicted octanol–water partition coefficient (Wildman–Crippen LogP) is 3.80. The molecule has 0 saturated carbocycles. The first-order chi connectivity index (χ1) is 12.6. The predicted molar refractivity (Wildman–Crippen MR) is 102 cm³/mol. The molecule has 26 heavy (non-hydrogen) atoms. The zero-order valence-electron chi connectivity index (χ0n) is 15.4. The molecule has 1 atom stereocenters. The fourth-order valence-corrected chi connectivity index (χ4v) is 3.58. The highest BCUT2D eigenvalue weighted by Crippen LogP contribution is 2.29. The Labute approximate surface area is 154 Å². The molecule has 0 aliphatic carbocycles. The highest BCUT2D eigenvalue weighted by atomic mass is 16.5. The third-order valence-corrected chi connectivity index (χ3v) is 5.02. The SMILES string of the molecule is COc1cc(CNC(=O)N2CCCC(c3ccccc3C)C2)ccc1O. The molecule has 1 saturated heterocycles. The third-order valence-electron chi connectivity index (χ3n) is 5.02. The number of ether oxygens (including phenoxy) is 1. The summed E-state index contributed by atoms with van der Waals surface area (Å²) in [7, 11) is 1.51. The summed E-state index contributed by atoms with van der Waals surface area (Å²) in [6, 6.07) is 13.5. The molecular formula is C21H26N2O3. The number of amides is 2. The fraction of sp³-hybridized carbons (Fsp3) is 0.381. The van der Waals surface area contributed by atoms with Crippen molar-refractivity contribution in [1.29, 1.82) is 0 Å². The Bertz CT molecular complexity index is 776. The summed E-state index contributed by atoms with van der Waals surface area (Å²) < 4.78 is 5.11. The van der Waals surface area contributed by atoms with Crippen molar-refractivity contribution in [2.24, 2.45) is 0 Å². The Balaban J connectivity index is 1.60. The molecule has 1 aliphatic rings. The van der Waals surface area contributed by atoms with E-state index >= 15 is 0 Å². The minimum atomic E-state index is -0.0460. The van der Waals surface area contributed by atoms with Gasteiger partial charge in [0.1, 0.15) is 0 Å². The standard InChI is InChI=1S/C21H26N2O3/c1-15-6-3-4-8-18(15)17-7-5-11-23(14-17)21(25)22-13-16-9-10-19(24)20(12-16)26-2/h3-4,6,8-10,12,17,24H,5,7,11,13-14H2,1-2H3,(H,22,25). The number of hydrogen-bond acceptors (Lipinski definition) is 3. The van der Waals surface area contributed by atoms with E-state index in [2.05, 4.69) is 36.5 Å². The van der Waals surface area contributed by atoms with E-state index in [1.807, 2.05) is 4.90 Å². The van der Waals surface area contributed by atoms with Gasteiger partial charge in [0.15, 0.2) is 11.5 Å². The second-order valence-electron chi connectivity index (χ2n) is 6.81. The van der Waals surface area contributed by atoms with Gasteiger partial charge >= 0.3 is 6.03 Å². The van der Waals surface area contributed by atoms with Crippen LogP contribution >= 0.6 is 0 Å².